The fourth-order valence-electron chi connectivity index (χ4n) is 2.11. The molecule has 0 fully saturated rings. The molecule has 0 radical (unpaired) electrons. The minimum Gasteiger partial charge on any atom is -0.463 e. The maximum atomic E-state index is 5.89. The summed E-state index contributed by atoms with van der Waals surface area (Å²) in [5.74, 6) is 2.05. The normalized spacial score (nSPS) is 13.1. The number of nitrogens with zero attached hydrogens (tertiary/aromatic N) is 1. The molecule has 0 amide bonds. The maximum absolute atomic E-state index is 5.89. The third-order valence-corrected chi connectivity index (χ3v) is 3.60. The molecule has 0 aliphatic carbocycles. The van der Waals surface area contributed by atoms with E-state index in [-0.39, 0.29) is 0 Å². The summed E-state index contributed by atoms with van der Waals surface area (Å²) in [7, 11) is 1.75. The van der Waals surface area contributed by atoms with Crippen LogP contribution in [-0.2, 0) is 17.8 Å². The van der Waals surface area contributed by atoms with Gasteiger partial charge in [-0.25, -0.2) is 0 Å². The summed E-state index contributed by atoms with van der Waals surface area (Å²) in [6.07, 6.45) is 2.28. The van der Waals surface area contributed by atoms with Gasteiger partial charge in [0.05, 0.1) is 19.7 Å². The number of rotatable bonds is 11. The Morgan fingerprint density at radius 1 is 1.30 bits per heavy atom. The van der Waals surface area contributed by atoms with Gasteiger partial charge in [0.25, 0.3) is 0 Å². The summed E-state index contributed by atoms with van der Waals surface area (Å²) in [4.78, 5) is 2.41. The lowest BCUT2D eigenvalue weighted by molar-refractivity contribution is 0.112. The Morgan fingerprint density at radius 3 is 2.70 bits per heavy atom. The quantitative estimate of drug-likeness (QED) is 0.633. The van der Waals surface area contributed by atoms with Crippen molar-refractivity contribution in [2.45, 2.75) is 52.7 Å². The topological polar surface area (TPSA) is 37.6 Å². The third-order valence-electron chi connectivity index (χ3n) is 3.60. The Hall–Kier alpha value is -0.840. The van der Waals surface area contributed by atoms with Crippen LogP contribution in [0.3, 0.4) is 0 Å². The van der Waals surface area contributed by atoms with Crippen LogP contribution in [0.25, 0.3) is 0 Å². The van der Waals surface area contributed by atoms with Gasteiger partial charge in [-0.3, -0.25) is 4.90 Å². The molecule has 1 rings (SSSR count). The van der Waals surface area contributed by atoms with Gasteiger partial charge in [0.15, 0.2) is 0 Å². The van der Waals surface area contributed by atoms with Crippen LogP contribution >= 0.6 is 0 Å². The molecule has 1 unspecified atom stereocenters. The summed E-state index contributed by atoms with van der Waals surface area (Å²) in [6, 6.07) is 4.70. The zero-order valence-corrected chi connectivity index (χ0v) is 13.4. The first-order chi connectivity index (χ1) is 9.71. The molecule has 0 bridgehead atoms. The first-order valence-electron chi connectivity index (χ1n) is 7.72. The Bertz CT molecular complexity index is 352. The number of ether oxygens (including phenoxy) is 1. The lowest BCUT2D eigenvalue weighted by Gasteiger charge is -2.27. The van der Waals surface area contributed by atoms with Crippen LogP contribution in [0.5, 0.6) is 0 Å². The zero-order chi connectivity index (χ0) is 14.8. The minimum absolute atomic E-state index is 0.539. The zero-order valence-electron chi connectivity index (χ0n) is 13.4. The van der Waals surface area contributed by atoms with E-state index in [2.05, 4.69) is 43.1 Å². The van der Waals surface area contributed by atoms with Crippen molar-refractivity contribution in [3.8, 4) is 0 Å². The second-order valence-electron chi connectivity index (χ2n) is 5.27. The van der Waals surface area contributed by atoms with Gasteiger partial charge in [-0.05, 0) is 38.4 Å². The molecule has 0 spiro atoms. The molecular formula is C16H30N2O2. The largest absolute Gasteiger partial charge is 0.463 e. The van der Waals surface area contributed by atoms with Crippen molar-refractivity contribution < 1.29 is 9.15 Å². The van der Waals surface area contributed by atoms with E-state index in [0.717, 1.165) is 57.1 Å². The van der Waals surface area contributed by atoms with Crippen LogP contribution in [0, 0.1) is 0 Å². The lowest BCUT2D eigenvalue weighted by atomic mass is 10.2. The van der Waals surface area contributed by atoms with E-state index < -0.39 is 0 Å². The molecule has 1 aromatic heterocycles. The van der Waals surface area contributed by atoms with Gasteiger partial charge < -0.3 is 14.5 Å². The highest BCUT2D eigenvalue weighted by atomic mass is 16.5. The Kier molecular flexibility index (Phi) is 8.58. The summed E-state index contributed by atoms with van der Waals surface area (Å²) < 4.78 is 11.1. The smallest absolute Gasteiger partial charge is 0.118 e. The van der Waals surface area contributed by atoms with Gasteiger partial charge in [0.2, 0.25) is 0 Å². The van der Waals surface area contributed by atoms with Crippen LogP contribution in [0.1, 0.15) is 45.1 Å². The number of hydrogen-bond donors (Lipinski definition) is 1. The van der Waals surface area contributed by atoms with Gasteiger partial charge in [-0.1, -0.05) is 13.8 Å². The van der Waals surface area contributed by atoms with Crippen LogP contribution in [0.4, 0.5) is 0 Å². The monoisotopic (exact) mass is 282 g/mol. The number of nitrogens with one attached hydrogen (secondary N) is 1. The van der Waals surface area contributed by atoms with Crippen LogP contribution in [-0.4, -0.2) is 37.7 Å². The van der Waals surface area contributed by atoms with E-state index in [1.165, 1.54) is 0 Å². The second kappa shape index (κ2) is 9.97. The Balaban J connectivity index is 2.50. The molecule has 1 atom stereocenters. The van der Waals surface area contributed by atoms with Gasteiger partial charge in [-0.15, -0.1) is 0 Å². The molecule has 0 saturated carbocycles. The average molecular weight is 282 g/mol. The van der Waals surface area contributed by atoms with E-state index in [0.29, 0.717) is 6.04 Å². The van der Waals surface area contributed by atoms with Crippen molar-refractivity contribution in [2.75, 3.05) is 26.8 Å². The highest BCUT2D eigenvalue weighted by Gasteiger charge is 2.14. The van der Waals surface area contributed by atoms with Gasteiger partial charge in [0.1, 0.15) is 11.5 Å². The summed E-state index contributed by atoms with van der Waals surface area (Å²) >= 11 is 0. The summed E-state index contributed by atoms with van der Waals surface area (Å²) in [6.45, 7) is 11.0. The van der Waals surface area contributed by atoms with E-state index >= 15 is 0 Å². The number of hydrogen-bond acceptors (Lipinski definition) is 4. The molecule has 20 heavy (non-hydrogen) atoms. The highest BCUT2D eigenvalue weighted by molar-refractivity contribution is 5.07. The van der Waals surface area contributed by atoms with E-state index in [1.807, 2.05) is 0 Å². The van der Waals surface area contributed by atoms with Gasteiger partial charge in [0, 0.05) is 19.7 Å². The molecule has 1 aromatic rings. The maximum Gasteiger partial charge on any atom is 0.118 e. The highest BCUT2D eigenvalue weighted by Crippen LogP contribution is 2.14. The van der Waals surface area contributed by atoms with Crippen molar-refractivity contribution in [3.05, 3.63) is 23.7 Å². The van der Waals surface area contributed by atoms with Crippen molar-refractivity contribution >= 4 is 0 Å². The minimum atomic E-state index is 0.539. The SMILES string of the molecule is CCCNCc1ccc(CN(CCOC)C(C)CC)o1. The molecule has 1 heterocycles. The Morgan fingerprint density at radius 2 is 2.05 bits per heavy atom. The third kappa shape index (κ3) is 6.07. The van der Waals surface area contributed by atoms with Crippen LogP contribution in [0.15, 0.2) is 16.5 Å². The van der Waals surface area contributed by atoms with Crippen LogP contribution in [0.2, 0.25) is 0 Å². The first-order valence-corrected chi connectivity index (χ1v) is 7.72. The molecular weight excluding hydrogens is 252 g/mol. The number of methoxy groups -OCH3 is 1. The van der Waals surface area contributed by atoms with Crippen LogP contribution < -0.4 is 5.32 Å². The fourth-order valence-corrected chi connectivity index (χ4v) is 2.11. The van der Waals surface area contributed by atoms with Gasteiger partial charge >= 0.3 is 0 Å². The molecule has 1 N–H and O–H groups in total. The molecule has 116 valence electrons. The van der Waals surface area contributed by atoms with Crippen molar-refractivity contribution in [1.29, 1.82) is 0 Å². The van der Waals surface area contributed by atoms with E-state index in [9.17, 15) is 0 Å². The molecule has 4 nitrogen and oxygen atoms in total. The van der Waals surface area contributed by atoms with E-state index in [4.69, 9.17) is 9.15 Å². The van der Waals surface area contributed by atoms with Crippen molar-refractivity contribution in [3.63, 3.8) is 0 Å². The van der Waals surface area contributed by atoms with Crippen molar-refractivity contribution in [1.82, 2.24) is 10.2 Å². The second-order valence-corrected chi connectivity index (χ2v) is 5.27. The predicted octanol–water partition coefficient (Wildman–Crippen LogP) is 3.03. The Labute approximate surface area is 123 Å². The van der Waals surface area contributed by atoms with E-state index in [1.54, 1.807) is 7.11 Å². The fraction of sp³-hybridized carbons (Fsp3) is 0.750. The number of furan rings is 1. The first kappa shape index (κ1) is 17.2. The average Bonchev–Trinajstić information content (AvgIpc) is 2.90. The summed E-state index contributed by atoms with van der Waals surface area (Å²) in [5.41, 5.74) is 0. The molecule has 0 saturated heterocycles. The molecule has 4 heteroatoms. The molecule has 0 aliphatic heterocycles. The lowest BCUT2D eigenvalue weighted by Crippen LogP contribution is -2.34. The van der Waals surface area contributed by atoms with Gasteiger partial charge in [-0.2, -0.15) is 0 Å². The predicted molar refractivity (Wildman–Crippen MR) is 82.7 cm³/mol. The standard InChI is InChI=1S/C16H30N2O2/c1-5-9-17-12-15-7-8-16(20-15)13-18(10-11-19-4)14(3)6-2/h7-8,14,17H,5-6,9-13H2,1-4H3. The van der Waals surface area contributed by atoms with Crippen molar-refractivity contribution in [2.24, 2.45) is 0 Å². The molecule has 0 aliphatic rings. The molecule has 0 aromatic carbocycles. The summed E-state index contributed by atoms with van der Waals surface area (Å²) in [5, 5.41) is 3.36.